The monoisotopic (exact) mass is 290 g/mol. The van der Waals surface area contributed by atoms with Gasteiger partial charge in [0.1, 0.15) is 5.52 Å². The van der Waals surface area contributed by atoms with Crippen molar-refractivity contribution >= 4 is 48.9 Å². The molecule has 1 N–H and O–H groups in total. The molecule has 7 heteroatoms. The first kappa shape index (κ1) is 12.6. The fourth-order valence-corrected chi connectivity index (χ4v) is 2.93. The minimum Gasteiger partial charge on any atom is -0.280 e. The minimum atomic E-state index is -3.41. The zero-order chi connectivity index (χ0) is 12.6. The van der Waals surface area contributed by atoms with Crippen molar-refractivity contribution in [2.75, 3.05) is 4.72 Å². The van der Waals surface area contributed by atoms with E-state index in [1.807, 2.05) is 6.07 Å². The number of anilines is 1. The Morgan fingerprint density at radius 3 is 2.76 bits per heavy atom. The molecule has 0 saturated heterocycles. The number of rotatable bonds is 3. The van der Waals surface area contributed by atoms with Gasteiger partial charge < -0.3 is 0 Å². The molecule has 1 aromatic heterocycles. The summed E-state index contributed by atoms with van der Waals surface area (Å²) in [6.45, 7) is 3.22. The van der Waals surface area contributed by atoms with Crippen LogP contribution in [-0.4, -0.2) is 18.7 Å². The van der Waals surface area contributed by atoms with E-state index in [1.54, 1.807) is 25.4 Å². The van der Waals surface area contributed by atoms with Crippen molar-refractivity contribution in [2.24, 2.45) is 0 Å². The van der Waals surface area contributed by atoms with E-state index in [0.717, 1.165) is 4.70 Å². The van der Waals surface area contributed by atoms with E-state index in [0.29, 0.717) is 16.2 Å². The van der Waals surface area contributed by atoms with E-state index in [4.69, 9.17) is 11.6 Å². The van der Waals surface area contributed by atoms with Crippen molar-refractivity contribution in [1.82, 2.24) is 4.98 Å². The molecule has 0 bridgehead atoms. The predicted molar refractivity (Wildman–Crippen MR) is 72.3 cm³/mol. The average Bonchev–Trinajstić information content (AvgIpc) is 2.70. The molecule has 0 spiro atoms. The summed E-state index contributed by atoms with van der Waals surface area (Å²) < 4.78 is 27.0. The van der Waals surface area contributed by atoms with Gasteiger partial charge in [0.2, 0.25) is 10.0 Å². The number of thiazole rings is 1. The number of halogens is 1. The van der Waals surface area contributed by atoms with E-state index in [9.17, 15) is 8.42 Å². The lowest BCUT2D eigenvalue weighted by Crippen LogP contribution is -2.22. The molecule has 1 heterocycles. The van der Waals surface area contributed by atoms with Crippen LogP contribution in [0.4, 0.5) is 5.69 Å². The zero-order valence-electron chi connectivity index (χ0n) is 9.27. The zero-order valence-corrected chi connectivity index (χ0v) is 11.7. The molecule has 2 rings (SSSR count). The molecule has 0 amide bonds. The maximum absolute atomic E-state index is 11.8. The Morgan fingerprint density at radius 1 is 1.41 bits per heavy atom. The van der Waals surface area contributed by atoms with E-state index in [1.165, 1.54) is 11.3 Å². The normalized spacial score (nSPS) is 12.2. The van der Waals surface area contributed by atoms with Gasteiger partial charge >= 0.3 is 0 Å². The molecule has 0 saturated carbocycles. The van der Waals surface area contributed by atoms with Crippen molar-refractivity contribution < 1.29 is 8.42 Å². The van der Waals surface area contributed by atoms with Crippen LogP contribution in [0.2, 0.25) is 5.02 Å². The van der Waals surface area contributed by atoms with Gasteiger partial charge in [-0.2, -0.15) is 0 Å². The fourth-order valence-electron chi connectivity index (χ4n) is 1.26. The van der Waals surface area contributed by atoms with Crippen LogP contribution >= 0.6 is 22.9 Å². The third-order valence-electron chi connectivity index (χ3n) is 2.32. The molecule has 0 atom stereocenters. The highest BCUT2D eigenvalue weighted by atomic mass is 35.5. The van der Waals surface area contributed by atoms with E-state index in [2.05, 4.69) is 9.71 Å². The maximum atomic E-state index is 11.8. The van der Waals surface area contributed by atoms with Crippen LogP contribution in [0.3, 0.4) is 0 Å². The Kier molecular flexibility index (Phi) is 3.29. The number of nitrogens with zero attached hydrogens (tertiary/aromatic N) is 1. The van der Waals surface area contributed by atoms with Gasteiger partial charge in [-0.25, -0.2) is 13.4 Å². The van der Waals surface area contributed by atoms with Crippen LogP contribution in [0.25, 0.3) is 10.2 Å². The third kappa shape index (κ3) is 2.38. The van der Waals surface area contributed by atoms with Gasteiger partial charge in [0, 0.05) is 0 Å². The smallest absolute Gasteiger partial charge is 0.235 e. The number of hydrogen-bond acceptors (Lipinski definition) is 4. The first-order valence-electron chi connectivity index (χ1n) is 4.95. The van der Waals surface area contributed by atoms with Gasteiger partial charge in [-0.1, -0.05) is 11.6 Å². The second kappa shape index (κ2) is 4.44. The molecule has 0 aliphatic carbocycles. The summed E-state index contributed by atoms with van der Waals surface area (Å²) in [5, 5.41) is -0.167. The van der Waals surface area contributed by atoms with Crippen LogP contribution in [0.1, 0.15) is 13.8 Å². The van der Waals surface area contributed by atoms with Crippen molar-refractivity contribution in [2.45, 2.75) is 19.1 Å². The summed E-state index contributed by atoms with van der Waals surface area (Å²) in [7, 11) is -3.41. The summed E-state index contributed by atoms with van der Waals surface area (Å²) in [6.07, 6.45) is 0. The Morgan fingerprint density at radius 2 is 2.12 bits per heavy atom. The molecular formula is C10H11ClN2O2S2. The summed E-state index contributed by atoms with van der Waals surface area (Å²) >= 11 is 7.45. The standard InChI is InChI=1S/C10H11ClN2O2S2/c1-6(2)17(14,15)13-9-7(11)3-4-8-10(9)12-5-16-8/h3-6,13H,1-2H3. The van der Waals surface area contributed by atoms with Crippen LogP contribution in [0.15, 0.2) is 17.6 Å². The molecule has 92 valence electrons. The highest BCUT2D eigenvalue weighted by Crippen LogP contribution is 2.33. The first-order chi connectivity index (χ1) is 7.92. The van der Waals surface area contributed by atoms with Gasteiger partial charge in [0.15, 0.2) is 0 Å². The molecule has 17 heavy (non-hydrogen) atoms. The molecule has 0 unspecified atom stereocenters. The highest BCUT2D eigenvalue weighted by Gasteiger charge is 2.19. The number of fused-ring (bicyclic) bond motifs is 1. The van der Waals surface area contributed by atoms with Crippen molar-refractivity contribution in [1.29, 1.82) is 0 Å². The van der Waals surface area contributed by atoms with Crippen LogP contribution in [0, 0.1) is 0 Å². The fraction of sp³-hybridized carbons (Fsp3) is 0.300. The second-order valence-corrected chi connectivity index (χ2v) is 7.35. The van der Waals surface area contributed by atoms with Crippen molar-refractivity contribution in [3.8, 4) is 0 Å². The van der Waals surface area contributed by atoms with Gasteiger partial charge in [0.25, 0.3) is 0 Å². The Hall–Kier alpha value is -0.850. The lowest BCUT2D eigenvalue weighted by atomic mass is 10.3. The summed E-state index contributed by atoms with van der Waals surface area (Å²) in [5.74, 6) is 0. The van der Waals surface area contributed by atoms with Gasteiger partial charge in [-0.3, -0.25) is 4.72 Å². The molecule has 0 radical (unpaired) electrons. The molecule has 0 aliphatic heterocycles. The molecule has 4 nitrogen and oxygen atoms in total. The topological polar surface area (TPSA) is 59.1 Å². The lowest BCUT2D eigenvalue weighted by molar-refractivity contribution is 0.593. The van der Waals surface area contributed by atoms with Gasteiger partial charge in [0.05, 0.1) is 26.2 Å². The quantitative estimate of drug-likeness (QED) is 0.945. The minimum absolute atomic E-state index is 0.354. The van der Waals surface area contributed by atoms with E-state index in [-0.39, 0.29) is 0 Å². The van der Waals surface area contributed by atoms with E-state index >= 15 is 0 Å². The lowest BCUT2D eigenvalue weighted by Gasteiger charge is -2.12. The number of aromatic nitrogens is 1. The Labute approximate surface area is 109 Å². The summed E-state index contributed by atoms with van der Waals surface area (Å²) in [6, 6.07) is 3.49. The second-order valence-electron chi connectivity index (χ2n) is 3.82. The average molecular weight is 291 g/mol. The highest BCUT2D eigenvalue weighted by molar-refractivity contribution is 7.93. The first-order valence-corrected chi connectivity index (χ1v) is 7.75. The van der Waals surface area contributed by atoms with Crippen LogP contribution < -0.4 is 4.72 Å². The van der Waals surface area contributed by atoms with Crippen LogP contribution in [-0.2, 0) is 10.0 Å². The van der Waals surface area contributed by atoms with Crippen LogP contribution in [0.5, 0.6) is 0 Å². The molecule has 0 aliphatic rings. The Bertz CT molecular complexity index is 649. The molecule has 0 fully saturated rings. The Balaban J connectivity index is 2.55. The predicted octanol–water partition coefficient (Wildman–Crippen LogP) is 3.10. The summed E-state index contributed by atoms with van der Waals surface area (Å²) in [5.41, 5.74) is 2.61. The van der Waals surface area contributed by atoms with Gasteiger partial charge in [-0.05, 0) is 26.0 Å². The number of hydrogen-bond donors (Lipinski definition) is 1. The van der Waals surface area contributed by atoms with Crippen molar-refractivity contribution in [3.63, 3.8) is 0 Å². The molecule has 2 aromatic rings. The van der Waals surface area contributed by atoms with Crippen molar-refractivity contribution in [3.05, 3.63) is 22.7 Å². The number of benzene rings is 1. The third-order valence-corrected chi connectivity index (χ3v) is 5.16. The maximum Gasteiger partial charge on any atom is 0.235 e. The molecule has 1 aromatic carbocycles. The van der Waals surface area contributed by atoms with Gasteiger partial charge in [-0.15, -0.1) is 11.3 Å². The largest absolute Gasteiger partial charge is 0.280 e. The number of sulfonamides is 1. The number of nitrogens with one attached hydrogen (secondary N) is 1. The van der Waals surface area contributed by atoms with E-state index < -0.39 is 15.3 Å². The molecular weight excluding hydrogens is 280 g/mol. The SMILES string of the molecule is CC(C)S(=O)(=O)Nc1c(Cl)ccc2scnc12. The summed E-state index contributed by atoms with van der Waals surface area (Å²) in [4.78, 5) is 4.13.